The fraction of sp³-hybridized carbons (Fsp3) is 0.412. The van der Waals surface area contributed by atoms with Crippen molar-refractivity contribution in [3.05, 3.63) is 34.1 Å². The highest BCUT2D eigenvalue weighted by atomic mass is 35.5. The number of Topliss-reactive ketones (excluding diaryl/α,β-unsaturated/α-hetero) is 1. The monoisotopic (exact) mass is 457 g/mol. The van der Waals surface area contributed by atoms with E-state index in [1.54, 1.807) is 12.1 Å². The first kappa shape index (κ1) is 21.6. The lowest BCUT2D eigenvalue weighted by molar-refractivity contribution is 0.0917. The summed E-state index contributed by atoms with van der Waals surface area (Å²) in [6, 6.07) is 2.57. The van der Waals surface area contributed by atoms with Crippen molar-refractivity contribution in [1.82, 2.24) is 14.7 Å². The number of carbonyl (C=O) groups excluding carboxylic acids is 2. The molecule has 1 saturated carbocycles. The molecular weight excluding hydrogens is 438 g/mol. The quantitative estimate of drug-likeness (QED) is 0.547. The molecule has 1 fully saturated rings. The molecular formula is C17H20ClN5O4S2. The number of pyridine rings is 1. The number of halogens is 1. The maximum absolute atomic E-state index is 12.5. The molecule has 1 aliphatic rings. The predicted octanol–water partition coefficient (Wildman–Crippen LogP) is 3.26. The first-order chi connectivity index (χ1) is 13.7. The molecule has 0 radical (unpaired) electrons. The van der Waals surface area contributed by atoms with Crippen molar-refractivity contribution in [2.24, 2.45) is 5.92 Å². The predicted molar refractivity (Wildman–Crippen MR) is 112 cm³/mol. The second kappa shape index (κ2) is 9.16. The van der Waals surface area contributed by atoms with Gasteiger partial charge in [0.1, 0.15) is 10.0 Å². The summed E-state index contributed by atoms with van der Waals surface area (Å²) in [6.45, 7) is -0.0749. The largest absolute Gasteiger partial charge is 0.325 e. The Morgan fingerprint density at radius 3 is 2.69 bits per heavy atom. The van der Waals surface area contributed by atoms with Gasteiger partial charge in [-0.2, -0.15) is 0 Å². The minimum atomic E-state index is -3.39. The summed E-state index contributed by atoms with van der Waals surface area (Å²) >= 11 is 7.05. The fourth-order valence-corrected chi connectivity index (χ4v) is 4.43. The maximum Gasteiger partial charge on any atom is 0.325 e. The minimum absolute atomic E-state index is 0.00119. The third-order valence-corrected chi connectivity index (χ3v) is 6.29. The van der Waals surface area contributed by atoms with Crippen molar-refractivity contribution >= 4 is 55.6 Å². The molecule has 29 heavy (non-hydrogen) atoms. The third-order valence-electron chi connectivity index (χ3n) is 4.37. The first-order valence-corrected chi connectivity index (χ1v) is 12.0. The molecule has 0 bridgehead atoms. The molecule has 0 aromatic carbocycles. The van der Waals surface area contributed by atoms with E-state index in [0.29, 0.717) is 17.1 Å². The van der Waals surface area contributed by atoms with Gasteiger partial charge in [-0.05, 0) is 25.0 Å². The summed E-state index contributed by atoms with van der Waals surface area (Å²) in [6.07, 6.45) is 6.36. The maximum atomic E-state index is 12.5. The number of thiazole rings is 1. The number of hydrogen-bond donors (Lipinski definition) is 3. The lowest BCUT2D eigenvalue weighted by Gasteiger charge is -2.09. The summed E-state index contributed by atoms with van der Waals surface area (Å²) in [7, 11) is -3.39. The van der Waals surface area contributed by atoms with Crippen molar-refractivity contribution in [3.8, 4) is 0 Å². The number of amides is 2. The SMILES string of the molecule is CS(=O)(=O)NCc1nc(NC(=O)Nc2ccnc(C(=O)C3CCCC3)c2)sc1Cl. The van der Waals surface area contributed by atoms with E-state index in [-0.39, 0.29) is 27.7 Å². The molecule has 2 amide bonds. The van der Waals surface area contributed by atoms with E-state index < -0.39 is 16.1 Å². The van der Waals surface area contributed by atoms with Gasteiger partial charge in [0.15, 0.2) is 10.9 Å². The Hall–Kier alpha value is -2.08. The number of rotatable bonds is 7. The molecule has 3 N–H and O–H groups in total. The molecule has 2 aromatic heterocycles. The minimum Gasteiger partial charge on any atom is -0.308 e. The lowest BCUT2D eigenvalue weighted by Crippen LogP contribution is -2.22. The number of nitrogens with one attached hydrogen (secondary N) is 3. The Kier molecular flexibility index (Phi) is 6.83. The van der Waals surface area contributed by atoms with Crippen LogP contribution in [-0.4, -0.2) is 36.5 Å². The molecule has 0 saturated heterocycles. The van der Waals surface area contributed by atoms with Crippen LogP contribution in [0.3, 0.4) is 0 Å². The number of sulfonamides is 1. The summed E-state index contributed by atoms with van der Waals surface area (Å²) in [5.74, 6) is 0.00397. The lowest BCUT2D eigenvalue weighted by atomic mass is 9.99. The van der Waals surface area contributed by atoms with Gasteiger partial charge in [-0.3, -0.25) is 15.1 Å². The van der Waals surface area contributed by atoms with Gasteiger partial charge >= 0.3 is 6.03 Å². The van der Waals surface area contributed by atoms with Crippen LogP contribution in [0.1, 0.15) is 41.9 Å². The van der Waals surface area contributed by atoms with Crippen LogP contribution < -0.4 is 15.4 Å². The van der Waals surface area contributed by atoms with Crippen LogP contribution in [0.2, 0.25) is 4.34 Å². The van der Waals surface area contributed by atoms with Gasteiger partial charge in [0.25, 0.3) is 0 Å². The van der Waals surface area contributed by atoms with Crippen molar-refractivity contribution in [2.75, 3.05) is 16.9 Å². The van der Waals surface area contributed by atoms with Crippen LogP contribution in [0.5, 0.6) is 0 Å². The summed E-state index contributed by atoms with van der Waals surface area (Å²) in [5, 5.41) is 5.39. The smallest absolute Gasteiger partial charge is 0.308 e. The molecule has 3 rings (SSSR count). The number of aromatic nitrogens is 2. The zero-order valence-electron chi connectivity index (χ0n) is 15.6. The molecule has 0 aliphatic heterocycles. The molecule has 9 nitrogen and oxygen atoms in total. The first-order valence-electron chi connectivity index (χ1n) is 8.89. The molecule has 0 atom stereocenters. The van der Waals surface area contributed by atoms with Crippen LogP contribution >= 0.6 is 22.9 Å². The second-order valence-electron chi connectivity index (χ2n) is 6.69. The molecule has 0 unspecified atom stereocenters. The van der Waals surface area contributed by atoms with E-state index in [1.165, 1.54) is 6.20 Å². The standard InChI is InChI=1S/C17H20ClN5O4S2/c1-29(26,27)20-9-13-15(18)28-17(22-13)23-16(25)21-11-6-7-19-12(8-11)14(24)10-4-2-3-5-10/h6-8,10,20H,2-5,9H2,1H3,(H2,19,21,22,23,25). The number of anilines is 2. The average molecular weight is 458 g/mol. The average Bonchev–Trinajstić information content (AvgIpc) is 3.29. The van der Waals surface area contributed by atoms with Gasteiger partial charge in [-0.15, -0.1) is 0 Å². The summed E-state index contributed by atoms with van der Waals surface area (Å²) in [4.78, 5) is 33.0. The van der Waals surface area contributed by atoms with Crippen molar-refractivity contribution in [2.45, 2.75) is 32.2 Å². The number of carbonyl (C=O) groups is 2. The van der Waals surface area contributed by atoms with E-state index in [9.17, 15) is 18.0 Å². The van der Waals surface area contributed by atoms with E-state index in [0.717, 1.165) is 43.3 Å². The van der Waals surface area contributed by atoms with Crippen molar-refractivity contribution < 1.29 is 18.0 Å². The Morgan fingerprint density at radius 1 is 1.28 bits per heavy atom. The van der Waals surface area contributed by atoms with Gasteiger partial charge in [0, 0.05) is 17.8 Å². The van der Waals surface area contributed by atoms with E-state index >= 15 is 0 Å². The summed E-state index contributed by atoms with van der Waals surface area (Å²) < 4.78 is 24.9. The number of hydrogen-bond acceptors (Lipinski definition) is 7. The van der Waals surface area contributed by atoms with Crippen LogP contribution in [0, 0.1) is 5.92 Å². The summed E-state index contributed by atoms with van der Waals surface area (Å²) in [5.41, 5.74) is 1.08. The highest BCUT2D eigenvalue weighted by Gasteiger charge is 2.25. The van der Waals surface area contributed by atoms with Crippen molar-refractivity contribution in [1.29, 1.82) is 0 Å². The van der Waals surface area contributed by atoms with E-state index in [4.69, 9.17) is 11.6 Å². The molecule has 2 aromatic rings. The third kappa shape index (κ3) is 6.20. The van der Waals surface area contributed by atoms with Crippen LogP contribution in [0.4, 0.5) is 15.6 Å². The molecule has 1 aliphatic carbocycles. The molecule has 156 valence electrons. The van der Waals surface area contributed by atoms with Crippen molar-refractivity contribution in [3.63, 3.8) is 0 Å². The van der Waals surface area contributed by atoms with E-state index in [2.05, 4.69) is 25.3 Å². The van der Waals surface area contributed by atoms with Crippen LogP contribution in [0.15, 0.2) is 18.3 Å². The van der Waals surface area contributed by atoms with Crippen LogP contribution in [-0.2, 0) is 16.6 Å². The van der Waals surface area contributed by atoms with Gasteiger partial charge in [0.05, 0.1) is 18.5 Å². The molecule has 2 heterocycles. The normalized spacial score (nSPS) is 14.7. The number of urea groups is 1. The molecule has 0 spiro atoms. The van der Waals surface area contributed by atoms with Gasteiger partial charge in [0.2, 0.25) is 10.0 Å². The van der Waals surface area contributed by atoms with Gasteiger partial charge < -0.3 is 5.32 Å². The molecule has 12 heteroatoms. The topological polar surface area (TPSA) is 130 Å². The van der Waals surface area contributed by atoms with Crippen LogP contribution in [0.25, 0.3) is 0 Å². The van der Waals surface area contributed by atoms with Gasteiger partial charge in [-0.25, -0.2) is 22.9 Å². The Labute approximate surface area is 177 Å². The zero-order valence-corrected chi connectivity index (χ0v) is 18.0. The highest BCUT2D eigenvalue weighted by Crippen LogP contribution is 2.29. The van der Waals surface area contributed by atoms with Gasteiger partial charge in [-0.1, -0.05) is 35.8 Å². The second-order valence-corrected chi connectivity index (χ2v) is 10.1. The Morgan fingerprint density at radius 2 is 2.00 bits per heavy atom. The fourth-order valence-electron chi connectivity index (χ4n) is 2.99. The Balaban J connectivity index is 1.61. The highest BCUT2D eigenvalue weighted by molar-refractivity contribution is 7.88. The zero-order chi connectivity index (χ0) is 21.0. The number of ketones is 1. The number of nitrogens with zero attached hydrogens (tertiary/aromatic N) is 2. The van der Waals surface area contributed by atoms with E-state index in [1.807, 2.05) is 0 Å². The Bertz CT molecular complexity index is 1020.